The smallest absolute Gasteiger partial charge is 0.243 e. The molecule has 2 atom stereocenters. The highest BCUT2D eigenvalue weighted by Crippen LogP contribution is 2.30. The van der Waals surface area contributed by atoms with Crippen LogP contribution in [0.25, 0.3) is 0 Å². The molecule has 5 nitrogen and oxygen atoms in total. The van der Waals surface area contributed by atoms with Crippen LogP contribution in [0.3, 0.4) is 0 Å². The van der Waals surface area contributed by atoms with Crippen LogP contribution in [-0.4, -0.2) is 48.7 Å². The van der Waals surface area contributed by atoms with Crippen LogP contribution in [0.1, 0.15) is 19.8 Å². The van der Waals surface area contributed by atoms with Crippen molar-refractivity contribution in [2.24, 2.45) is 0 Å². The molecule has 0 unspecified atom stereocenters. The van der Waals surface area contributed by atoms with Crippen molar-refractivity contribution in [1.29, 1.82) is 0 Å². The first-order chi connectivity index (χ1) is 10.3. The summed E-state index contributed by atoms with van der Waals surface area (Å²) in [7, 11) is -3.89. The van der Waals surface area contributed by atoms with E-state index in [0.717, 1.165) is 25.0 Å². The third-order valence-corrected chi connectivity index (χ3v) is 6.56. The van der Waals surface area contributed by atoms with E-state index in [-0.39, 0.29) is 28.4 Å². The Morgan fingerprint density at radius 3 is 2.77 bits per heavy atom. The molecule has 1 aromatic carbocycles. The van der Waals surface area contributed by atoms with Crippen molar-refractivity contribution in [2.45, 2.75) is 36.7 Å². The molecule has 2 saturated heterocycles. The monoisotopic (exact) mass is 346 g/mol. The van der Waals surface area contributed by atoms with Crippen molar-refractivity contribution in [3.8, 4) is 0 Å². The van der Waals surface area contributed by atoms with Gasteiger partial charge in [0.05, 0.1) is 9.92 Å². The molecule has 0 bridgehead atoms. The topological polar surface area (TPSA) is 57.7 Å². The van der Waals surface area contributed by atoms with Crippen LogP contribution in [0, 0.1) is 5.82 Å². The normalized spacial score (nSPS) is 26.3. The number of benzene rings is 1. The Bertz CT molecular complexity index is 725. The zero-order valence-electron chi connectivity index (χ0n) is 12.0. The number of rotatable bonds is 2. The number of halogens is 2. The molecule has 2 aliphatic rings. The van der Waals surface area contributed by atoms with Crippen molar-refractivity contribution in [3.63, 3.8) is 0 Å². The van der Waals surface area contributed by atoms with Gasteiger partial charge in [0.25, 0.3) is 0 Å². The molecule has 0 saturated carbocycles. The van der Waals surface area contributed by atoms with E-state index in [1.165, 1.54) is 10.4 Å². The average Bonchev–Trinajstić information content (AvgIpc) is 2.94. The standard InChI is InChI=1S/C14H16ClFN2O3S/c1-9-14(19)17-6-2-3-10(17)8-18(9)22(20,21)11-4-5-13(16)12(15)7-11/h4-5,7,9-10H,2-3,6,8H2,1H3/t9-,10+/m1/s1. The fourth-order valence-corrected chi connectivity index (χ4v) is 5.02. The Labute approximate surface area is 133 Å². The SMILES string of the molecule is C[C@@H]1C(=O)N2CCC[C@H]2CN1S(=O)(=O)c1ccc(F)c(Cl)c1. The van der Waals surface area contributed by atoms with Crippen LogP contribution >= 0.6 is 11.6 Å². The summed E-state index contributed by atoms with van der Waals surface area (Å²) in [6.45, 7) is 2.54. The molecular formula is C14H16ClFN2O3S. The molecule has 120 valence electrons. The minimum Gasteiger partial charge on any atom is -0.337 e. The number of nitrogens with zero attached hydrogens (tertiary/aromatic N) is 2. The van der Waals surface area contributed by atoms with Crippen molar-refractivity contribution >= 4 is 27.5 Å². The molecule has 2 fully saturated rings. The van der Waals surface area contributed by atoms with Crippen LogP contribution in [0.15, 0.2) is 23.1 Å². The summed E-state index contributed by atoms with van der Waals surface area (Å²) < 4.78 is 40.0. The molecule has 1 amide bonds. The van der Waals surface area contributed by atoms with E-state index < -0.39 is 21.9 Å². The quantitative estimate of drug-likeness (QED) is 0.821. The minimum absolute atomic E-state index is 0.0746. The number of hydrogen-bond acceptors (Lipinski definition) is 3. The molecule has 0 aromatic heterocycles. The molecule has 3 rings (SSSR count). The Kier molecular flexibility index (Phi) is 3.91. The maximum atomic E-state index is 13.2. The molecule has 0 spiro atoms. The average molecular weight is 347 g/mol. The summed E-state index contributed by atoms with van der Waals surface area (Å²) in [5.41, 5.74) is 0. The fraction of sp³-hybridized carbons (Fsp3) is 0.500. The summed E-state index contributed by atoms with van der Waals surface area (Å²) >= 11 is 5.68. The minimum atomic E-state index is -3.89. The molecule has 0 aliphatic carbocycles. The molecule has 22 heavy (non-hydrogen) atoms. The van der Waals surface area contributed by atoms with Gasteiger partial charge < -0.3 is 4.90 Å². The summed E-state index contributed by atoms with van der Waals surface area (Å²) in [6, 6.07) is 2.45. The number of fused-ring (bicyclic) bond motifs is 1. The Morgan fingerprint density at radius 1 is 1.36 bits per heavy atom. The Hall–Kier alpha value is -1.18. The second-order valence-corrected chi connectivity index (χ2v) is 7.95. The number of carbonyl (C=O) groups is 1. The first-order valence-electron chi connectivity index (χ1n) is 7.10. The van der Waals surface area contributed by atoms with Crippen molar-refractivity contribution < 1.29 is 17.6 Å². The van der Waals surface area contributed by atoms with Gasteiger partial charge in [-0.05, 0) is 38.0 Å². The summed E-state index contributed by atoms with van der Waals surface area (Å²) in [6.07, 6.45) is 1.69. The van der Waals surface area contributed by atoms with Gasteiger partial charge in [0, 0.05) is 19.1 Å². The van der Waals surface area contributed by atoms with Crippen molar-refractivity contribution in [3.05, 3.63) is 29.0 Å². The predicted octanol–water partition coefficient (Wildman–Crippen LogP) is 1.86. The van der Waals surface area contributed by atoms with E-state index in [1.54, 1.807) is 11.8 Å². The van der Waals surface area contributed by atoms with Gasteiger partial charge in [-0.2, -0.15) is 4.31 Å². The van der Waals surface area contributed by atoms with Crippen molar-refractivity contribution in [2.75, 3.05) is 13.1 Å². The van der Waals surface area contributed by atoms with E-state index in [4.69, 9.17) is 11.6 Å². The van der Waals surface area contributed by atoms with Crippen LogP contribution in [0.2, 0.25) is 5.02 Å². The van der Waals surface area contributed by atoms with Gasteiger partial charge >= 0.3 is 0 Å². The highest BCUT2D eigenvalue weighted by Gasteiger charge is 2.45. The van der Waals surface area contributed by atoms with E-state index in [1.807, 2.05) is 0 Å². The zero-order valence-corrected chi connectivity index (χ0v) is 13.6. The summed E-state index contributed by atoms with van der Waals surface area (Å²) in [4.78, 5) is 14.0. The van der Waals surface area contributed by atoms with E-state index >= 15 is 0 Å². The summed E-state index contributed by atoms with van der Waals surface area (Å²) in [5.74, 6) is -0.851. The lowest BCUT2D eigenvalue weighted by Gasteiger charge is -2.40. The van der Waals surface area contributed by atoms with Gasteiger partial charge in [0.2, 0.25) is 15.9 Å². The molecule has 0 radical (unpaired) electrons. The van der Waals surface area contributed by atoms with Crippen LogP contribution in [0.5, 0.6) is 0 Å². The highest BCUT2D eigenvalue weighted by atomic mass is 35.5. The largest absolute Gasteiger partial charge is 0.337 e. The number of carbonyl (C=O) groups excluding carboxylic acids is 1. The van der Waals surface area contributed by atoms with E-state index in [0.29, 0.717) is 6.54 Å². The third kappa shape index (κ3) is 2.41. The molecule has 1 aromatic rings. The maximum Gasteiger partial charge on any atom is 0.243 e. The van der Waals surface area contributed by atoms with Gasteiger partial charge in [0.1, 0.15) is 11.9 Å². The Balaban J connectivity index is 1.97. The van der Waals surface area contributed by atoms with Crippen LogP contribution in [-0.2, 0) is 14.8 Å². The lowest BCUT2D eigenvalue weighted by Crippen LogP contribution is -2.59. The first-order valence-corrected chi connectivity index (χ1v) is 8.91. The number of piperazine rings is 1. The third-order valence-electron chi connectivity index (χ3n) is 4.34. The van der Waals surface area contributed by atoms with E-state index in [2.05, 4.69) is 0 Å². The number of amides is 1. The van der Waals surface area contributed by atoms with Crippen molar-refractivity contribution in [1.82, 2.24) is 9.21 Å². The maximum absolute atomic E-state index is 13.2. The first kappa shape index (κ1) is 15.7. The second-order valence-electron chi connectivity index (χ2n) is 5.65. The summed E-state index contributed by atoms with van der Waals surface area (Å²) in [5, 5.41) is -0.250. The molecular weight excluding hydrogens is 331 g/mol. The zero-order chi connectivity index (χ0) is 16.1. The van der Waals surface area contributed by atoms with Gasteiger partial charge in [-0.3, -0.25) is 4.79 Å². The predicted molar refractivity (Wildman–Crippen MR) is 79.5 cm³/mol. The molecule has 0 N–H and O–H groups in total. The lowest BCUT2D eigenvalue weighted by molar-refractivity contribution is -0.139. The van der Waals surface area contributed by atoms with Gasteiger partial charge in [-0.25, -0.2) is 12.8 Å². The van der Waals surface area contributed by atoms with Gasteiger partial charge in [-0.1, -0.05) is 11.6 Å². The molecule has 8 heteroatoms. The Morgan fingerprint density at radius 2 is 2.09 bits per heavy atom. The van der Waals surface area contributed by atoms with Gasteiger partial charge in [-0.15, -0.1) is 0 Å². The molecule has 2 heterocycles. The molecule has 2 aliphatic heterocycles. The fourth-order valence-electron chi connectivity index (χ4n) is 3.12. The number of hydrogen-bond donors (Lipinski definition) is 0. The highest BCUT2D eigenvalue weighted by molar-refractivity contribution is 7.89. The van der Waals surface area contributed by atoms with E-state index in [9.17, 15) is 17.6 Å². The van der Waals surface area contributed by atoms with Gasteiger partial charge in [0.15, 0.2) is 0 Å². The lowest BCUT2D eigenvalue weighted by atomic mass is 10.1. The van der Waals surface area contributed by atoms with Crippen LogP contribution < -0.4 is 0 Å². The number of sulfonamides is 1. The van der Waals surface area contributed by atoms with Crippen LogP contribution in [0.4, 0.5) is 4.39 Å². The second kappa shape index (κ2) is 5.47.